The van der Waals surface area contributed by atoms with Crippen LogP contribution >= 0.6 is 11.5 Å². The van der Waals surface area contributed by atoms with Crippen LogP contribution in [-0.4, -0.2) is 28.6 Å². The van der Waals surface area contributed by atoms with Gasteiger partial charge in [-0.15, -0.1) is 5.10 Å². The van der Waals surface area contributed by atoms with E-state index in [1.54, 1.807) is 6.92 Å². The monoisotopic (exact) mass is 288 g/mol. The van der Waals surface area contributed by atoms with Crippen LogP contribution < -0.4 is 10.2 Å². The molecular formula is C14H16N4OS. The Morgan fingerprint density at radius 3 is 3.05 bits per heavy atom. The lowest BCUT2D eigenvalue weighted by atomic mass is 10.1. The van der Waals surface area contributed by atoms with Gasteiger partial charge in [-0.05, 0) is 49.5 Å². The standard InChI is InChI=1S/C14H16N4OS/c1-3-18-7-6-10-4-5-11(8-12(10)18)15-14(19)13-9(2)16-17-20-13/h4-5,8H,3,6-7H2,1-2H3,(H,15,19). The molecule has 5 nitrogen and oxygen atoms in total. The van der Waals surface area contributed by atoms with E-state index in [4.69, 9.17) is 0 Å². The number of fused-ring (bicyclic) bond motifs is 1. The summed E-state index contributed by atoms with van der Waals surface area (Å²) in [6.07, 6.45) is 1.08. The van der Waals surface area contributed by atoms with E-state index in [0.29, 0.717) is 10.6 Å². The maximum absolute atomic E-state index is 12.2. The zero-order chi connectivity index (χ0) is 14.1. The van der Waals surface area contributed by atoms with E-state index in [1.807, 2.05) is 12.1 Å². The number of nitrogens with one attached hydrogen (secondary N) is 1. The lowest BCUT2D eigenvalue weighted by molar-refractivity contribution is 0.103. The fraction of sp³-hybridized carbons (Fsp3) is 0.357. The summed E-state index contributed by atoms with van der Waals surface area (Å²) in [5.41, 5.74) is 4.07. The topological polar surface area (TPSA) is 58.1 Å². The Bertz CT molecular complexity index is 652. The van der Waals surface area contributed by atoms with Crippen molar-refractivity contribution in [2.24, 2.45) is 0 Å². The van der Waals surface area contributed by atoms with Crippen molar-refractivity contribution in [3.63, 3.8) is 0 Å². The Kier molecular flexibility index (Phi) is 3.40. The summed E-state index contributed by atoms with van der Waals surface area (Å²) in [6.45, 7) is 5.98. The lowest BCUT2D eigenvalue weighted by Crippen LogP contribution is -2.19. The first kappa shape index (κ1) is 13.1. The van der Waals surface area contributed by atoms with Gasteiger partial charge in [0, 0.05) is 24.5 Å². The molecule has 1 aromatic carbocycles. The zero-order valence-corrected chi connectivity index (χ0v) is 12.3. The molecule has 1 aromatic heterocycles. The molecular weight excluding hydrogens is 272 g/mol. The van der Waals surface area contributed by atoms with Gasteiger partial charge in [0.05, 0.1) is 5.69 Å². The molecule has 0 fully saturated rings. The highest BCUT2D eigenvalue weighted by atomic mass is 32.1. The summed E-state index contributed by atoms with van der Waals surface area (Å²) in [4.78, 5) is 15.0. The number of rotatable bonds is 3. The maximum Gasteiger partial charge on any atom is 0.269 e. The Morgan fingerprint density at radius 1 is 1.50 bits per heavy atom. The number of nitrogens with zero attached hydrogens (tertiary/aromatic N) is 3. The fourth-order valence-electron chi connectivity index (χ4n) is 2.48. The summed E-state index contributed by atoms with van der Waals surface area (Å²) in [5, 5.41) is 6.79. The second-order valence-electron chi connectivity index (χ2n) is 4.81. The first-order valence-electron chi connectivity index (χ1n) is 6.67. The van der Waals surface area contributed by atoms with E-state index in [-0.39, 0.29) is 5.91 Å². The normalized spacial score (nSPS) is 13.4. The molecule has 104 valence electrons. The van der Waals surface area contributed by atoms with Crippen LogP contribution in [0.5, 0.6) is 0 Å². The molecule has 0 unspecified atom stereocenters. The Hall–Kier alpha value is -1.95. The number of hydrogen-bond acceptors (Lipinski definition) is 5. The van der Waals surface area contributed by atoms with E-state index in [1.165, 1.54) is 11.3 Å². The van der Waals surface area contributed by atoms with Crippen molar-refractivity contribution in [1.29, 1.82) is 0 Å². The van der Waals surface area contributed by atoms with Crippen molar-refractivity contribution in [2.75, 3.05) is 23.3 Å². The van der Waals surface area contributed by atoms with Gasteiger partial charge >= 0.3 is 0 Å². The van der Waals surface area contributed by atoms with E-state index in [0.717, 1.165) is 36.7 Å². The van der Waals surface area contributed by atoms with E-state index < -0.39 is 0 Å². The molecule has 1 aliphatic heterocycles. The third-order valence-corrected chi connectivity index (χ3v) is 4.40. The molecule has 0 saturated heterocycles. The van der Waals surface area contributed by atoms with Crippen molar-refractivity contribution >= 4 is 28.8 Å². The van der Waals surface area contributed by atoms with E-state index in [9.17, 15) is 4.79 Å². The average Bonchev–Trinajstić information content (AvgIpc) is 3.04. The summed E-state index contributed by atoms with van der Waals surface area (Å²) >= 11 is 1.12. The van der Waals surface area contributed by atoms with E-state index in [2.05, 4.69) is 32.8 Å². The van der Waals surface area contributed by atoms with Crippen molar-refractivity contribution in [3.05, 3.63) is 34.3 Å². The molecule has 1 N–H and O–H groups in total. The zero-order valence-electron chi connectivity index (χ0n) is 11.5. The quantitative estimate of drug-likeness (QED) is 0.942. The Labute approximate surface area is 121 Å². The molecule has 0 atom stereocenters. The molecule has 2 aromatic rings. The van der Waals surface area contributed by atoms with Crippen LogP contribution in [0.3, 0.4) is 0 Å². The molecule has 1 aliphatic rings. The van der Waals surface area contributed by atoms with Crippen molar-refractivity contribution < 1.29 is 4.79 Å². The van der Waals surface area contributed by atoms with Gasteiger partial charge < -0.3 is 10.2 Å². The number of likely N-dealkylation sites (N-methyl/N-ethyl adjacent to an activating group) is 1. The Morgan fingerprint density at radius 2 is 2.35 bits per heavy atom. The third kappa shape index (κ3) is 2.27. The van der Waals surface area contributed by atoms with Crippen LogP contribution in [0.25, 0.3) is 0 Å². The minimum atomic E-state index is -0.140. The molecule has 20 heavy (non-hydrogen) atoms. The van der Waals surface area contributed by atoms with Gasteiger partial charge in [0.15, 0.2) is 0 Å². The van der Waals surface area contributed by atoms with Gasteiger partial charge in [-0.1, -0.05) is 10.6 Å². The number of benzene rings is 1. The number of carbonyl (C=O) groups excluding carboxylic acids is 1. The molecule has 0 spiro atoms. The molecule has 1 amide bonds. The second-order valence-corrected chi connectivity index (χ2v) is 5.57. The molecule has 0 radical (unpaired) electrons. The number of aromatic nitrogens is 2. The lowest BCUT2D eigenvalue weighted by Gasteiger charge is -2.17. The van der Waals surface area contributed by atoms with Crippen molar-refractivity contribution in [2.45, 2.75) is 20.3 Å². The van der Waals surface area contributed by atoms with Gasteiger partial charge in [-0.3, -0.25) is 4.79 Å². The predicted octanol–water partition coefficient (Wildman–Crippen LogP) is 2.48. The summed E-state index contributed by atoms with van der Waals surface area (Å²) < 4.78 is 3.79. The Balaban J connectivity index is 1.82. The predicted molar refractivity (Wildman–Crippen MR) is 80.6 cm³/mol. The smallest absolute Gasteiger partial charge is 0.269 e. The number of amides is 1. The highest BCUT2D eigenvalue weighted by Gasteiger charge is 2.19. The minimum Gasteiger partial charge on any atom is -0.371 e. The summed E-state index contributed by atoms with van der Waals surface area (Å²) in [6, 6.07) is 6.10. The highest BCUT2D eigenvalue weighted by Crippen LogP contribution is 2.30. The number of carbonyl (C=O) groups is 1. The van der Waals surface area contributed by atoms with Crippen molar-refractivity contribution in [1.82, 2.24) is 9.59 Å². The number of anilines is 2. The molecule has 0 aliphatic carbocycles. The van der Waals surface area contributed by atoms with Gasteiger partial charge in [0.2, 0.25) is 0 Å². The number of hydrogen-bond donors (Lipinski definition) is 1. The highest BCUT2D eigenvalue weighted by molar-refractivity contribution is 7.08. The molecule has 3 rings (SSSR count). The van der Waals surface area contributed by atoms with E-state index >= 15 is 0 Å². The maximum atomic E-state index is 12.2. The van der Waals surface area contributed by atoms with Crippen LogP contribution in [0.1, 0.15) is 27.9 Å². The van der Waals surface area contributed by atoms with Crippen LogP contribution in [0, 0.1) is 6.92 Å². The fourth-order valence-corrected chi connectivity index (χ4v) is 3.03. The third-order valence-electron chi connectivity index (χ3n) is 3.57. The van der Waals surface area contributed by atoms with Gasteiger partial charge in [0.25, 0.3) is 5.91 Å². The molecule has 0 bridgehead atoms. The second kappa shape index (κ2) is 5.20. The first-order valence-corrected chi connectivity index (χ1v) is 7.44. The summed E-state index contributed by atoms with van der Waals surface area (Å²) in [5.74, 6) is -0.140. The SMILES string of the molecule is CCN1CCc2ccc(NC(=O)c3snnc3C)cc21. The van der Waals surface area contributed by atoms with Gasteiger partial charge in [-0.25, -0.2) is 0 Å². The van der Waals surface area contributed by atoms with Crippen LogP contribution in [0.15, 0.2) is 18.2 Å². The van der Waals surface area contributed by atoms with Gasteiger partial charge in [0.1, 0.15) is 4.88 Å². The van der Waals surface area contributed by atoms with Crippen molar-refractivity contribution in [3.8, 4) is 0 Å². The van der Waals surface area contributed by atoms with Crippen LogP contribution in [0.2, 0.25) is 0 Å². The summed E-state index contributed by atoms with van der Waals surface area (Å²) in [7, 11) is 0. The molecule has 0 saturated carbocycles. The largest absolute Gasteiger partial charge is 0.371 e. The number of aryl methyl sites for hydroxylation is 1. The first-order chi connectivity index (χ1) is 9.69. The average molecular weight is 288 g/mol. The van der Waals surface area contributed by atoms with Crippen LogP contribution in [0.4, 0.5) is 11.4 Å². The molecule has 2 heterocycles. The minimum absolute atomic E-state index is 0.140. The molecule has 6 heteroatoms. The van der Waals surface area contributed by atoms with Gasteiger partial charge in [-0.2, -0.15) is 0 Å². The van der Waals surface area contributed by atoms with Crippen LogP contribution in [-0.2, 0) is 6.42 Å².